The van der Waals surface area contributed by atoms with Gasteiger partial charge in [0.15, 0.2) is 0 Å². The summed E-state index contributed by atoms with van der Waals surface area (Å²) in [7, 11) is 0. The third-order valence-corrected chi connectivity index (χ3v) is 3.04. The molecule has 3 rings (SSSR count). The van der Waals surface area contributed by atoms with E-state index in [9.17, 15) is 5.11 Å². The molecule has 92 valence electrons. The molecule has 0 spiro atoms. The highest BCUT2D eigenvalue weighted by Gasteiger charge is 2.19. The highest BCUT2D eigenvalue weighted by atomic mass is 35.5. The second-order valence-corrected chi connectivity index (χ2v) is 4.44. The molecular formula is C12H11ClN4O. The third kappa shape index (κ3) is 2.15. The first kappa shape index (κ1) is 11.4. The Labute approximate surface area is 109 Å². The van der Waals surface area contributed by atoms with Gasteiger partial charge in [0.1, 0.15) is 23.5 Å². The summed E-state index contributed by atoms with van der Waals surface area (Å²) in [5.41, 5.74) is 2.90. The SMILES string of the molecule is OC1NCc2cc(Nc3cc(Cl)ncn3)ccc21. The third-order valence-electron chi connectivity index (χ3n) is 2.83. The molecule has 1 atom stereocenters. The highest BCUT2D eigenvalue weighted by Crippen LogP contribution is 2.27. The average molecular weight is 263 g/mol. The van der Waals surface area contributed by atoms with Gasteiger partial charge in [0.2, 0.25) is 0 Å². The van der Waals surface area contributed by atoms with Crippen LogP contribution >= 0.6 is 11.6 Å². The van der Waals surface area contributed by atoms with Crippen LogP contribution in [0.25, 0.3) is 0 Å². The number of anilines is 2. The van der Waals surface area contributed by atoms with Crippen LogP contribution in [0.4, 0.5) is 11.5 Å². The van der Waals surface area contributed by atoms with E-state index in [0.29, 0.717) is 17.5 Å². The number of rotatable bonds is 2. The minimum Gasteiger partial charge on any atom is -0.374 e. The number of nitrogens with zero attached hydrogens (tertiary/aromatic N) is 2. The van der Waals surface area contributed by atoms with Crippen LogP contribution in [-0.2, 0) is 6.54 Å². The fourth-order valence-corrected chi connectivity index (χ4v) is 2.12. The van der Waals surface area contributed by atoms with Gasteiger partial charge in [-0.1, -0.05) is 17.7 Å². The van der Waals surface area contributed by atoms with Crippen molar-refractivity contribution < 1.29 is 5.11 Å². The molecule has 0 radical (unpaired) electrons. The molecule has 2 aromatic rings. The van der Waals surface area contributed by atoms with Crippen molar-refractivity contribution in [1.82, 2.24) is 15.3 Å². The summed E-state index contributed by atoms with van der Waals surface area (Å²) < 4.78 is 0. The topological polar surface area (TPSA) is 70.1 Å². The Morgan fingerprint density at radius 1 is 1.33 bits per heavy atom. The summed E-state index contributed by atoms with van der Waals surface area (Å²) in [5, 5.41) is 16.1. The van der Waals surface area contributed by atoms with Crippen molar-refractivity contribution >= 4 is 23.1 Å². The van der Waals surface area contributed by atoms with E-state index in [-0.39, 0.29) is 0 Å². The first-order valence-electron chi connectivity index (χ1n) is 5.51. The minimum atomic E-state index is -0.567. The van der Waals surface area contributed by atoms with E-state index in [4.69, 9.17) is 11.6 Å². The second kappa shape index (κ2) is 4.53. The van der Waals surface area contributed by atoms with Crippen molar-refractivity contribution in [2.45, 2.75) is 12.8 Å². The Hall–Kier alpha value is -1.69. The maximum Gasteiger partial charge on any atom is 0.135 e. The molecule has 0 fully saturated rings. The van der Waals surface area contributed by atoms with Gasteiger partial charge >= 0.3 is 0 Å². The smallest absolute Gasteiger partial charge is 0.135 e. The lowest BCUT2D eigenvalue weighted by Gasteiger charge is -2.08. The van der Waals surface area contributed by atoms with E-state index >= 15 is 0 Å². The van der Waals surface area contributed by atoms with Gasteiger partial charge in [0, 0.05) is 18.3 Å². The van der Waals surface area contributed by atoms with Crippen molar-refractivity contribution in [1.29, 1.82) is 0 Å². The summed E-state index contributed by atoms with van der Waals surface area (Å²) in [5.74, 6) is 0.640. The zero-order chi connectivity index (χ0) is 12.5. The molecular weight excluding hydrogens is 252 g/mol. The molecule has 2 heterocycles. The molecule has 0 saturated carbocycles. The largest absolute Gasteiger partial charge is 0.374 e. The van der Waals surface area contributed by atoms with E-state index in [1.54, 1.807) is 6.07 Å². The van der Waals surface area contributed by atoms with Crippen LogP contribution in [-0.4, -0.2) is 15.1 Å². The van der Waals surface area contributed by atoms with E-state index in [2.05, 4.69) is 20.6 Å². The number of benzene rings is 1. The number of aliphatic hydroxyl groups is 1. The Morgan fingerprint density at radius 2 is 2.22 bits per heavy atom. The number of fused-ring (bicyclic) bond motifs is 1. The molecule has 3 N–H and O–H groups in total. The summed E-state index contributed by atoms with van der Waals surface area (Å²) >= 11 is 5.79. The van der Waals surface area contributed by atoms with Gasteiger partial charge in [-0.05, 0) is 23.3 Å². The average Bonchev–Trinajstić information content (AvgIpc) is 2.71. The van der Waals surface area contributed by atoms with E-state index < -0.39 is 6.23 Å². The Morgan fingerprint density at radius 3 is 3.06 bits per heavy atom. The monoisotopic (exact) mass is 262 g/mol. The lowest BCUT2D eigenvalue weighted by Crippen LogP contribution is -2.09. The molecule has 1 aromatic carbocycles. The number of halogens is 1. The van der Waals surface area contributed by atoms with E-state index in [1.165, 1.54) is 6.33 Å². The normalized spacial score (nSPS) is 17.6. The summed E-state index contributed by atoms with van der Waals surface area (Å²) in [4.78, 5) is 7.89. The zero-order valence-corrected chi connectivity index (χ0v) is 10.1. The molecule has 0 saturated heterocycles. The van der Waals surface area contributed by atoms with Gasteiger partial charge in [-0.3, -0.25) is 5.32 Å². The highest BCUT2D eigenvalue weighted by molar-refractivity contribution is 6.29. The van der Waals surface area contributed by atoms with Crippen LogP contribution in [0.5, 0.6) is 0 Å². The van der Waals surface area contributed by atoms with Crippen LogP contribution in [0.2, 0.25) is 5.15 Å². The summed E-state index contributed by atoms with van der Waals surface area (Å²) in [6.45, 7) is 0.663. The quantitative estimate of drug-likeness (QED) is 0.722. The van der Waals surface area contributed by atoms with Gasteiger partial charge in [-0.25, -0.2) is 9.97 Å². The fraction of sp³-hybridized carbons (Fsp3) is 0.167. The molecule has 1 aliphatic heterocycles. The molecule has 6 heteroatoms. The van der Waals surface area contributed by atoms with Gasteiger partial charge in [0.25, 0.3) is 0 Å². The molecule has 1 unspecified atom stereocenters. The number of aliphatic hydroxyl groups excluding tert-OH is 1. The number of hydrogen-bond acceptors (Lipinski definition) is 5. The van der Waals surface area contributed by atoms with Crippen molar-refractivity contribution in [3.8, 4) is 0 Å². The van der Waals surface area contributed by atoms with Crippen molar-refractivity contribution in [2.24, 2.45) is 0 Å². The summed E-state index contributed by atoms with van der Waals surface area (Å²) in [6.07, 6.45) is 0.839. The van der Waals surface area contributed by atoms with Crippen molar-refractivity contribution in [2.75, 3.05) is 5.32 Å². The standard InChI is InChI=1S/C12H11ClN4O/c13-10-4-11(16-6-15-10)17-8-1-2-9-7(3-8)5-14-12(9)18/h1-4,6,12,14,18H,5H2,(H,15,16,17). The zero-order valence-electron chi connectivity index (χ0n) is 9.39. The molecule has 0 aliphatic carbocycles. The lowest BCUT2D eigenvalue weighted by atomic mass is 10.1. The van der Waals surface area contributed by atoms with E-state index in [1.807, 2.05) is 18.2 Å². The van der Waals surface area contributed by atoms with Gasteiger partial charge in [-0.2, -0.15) is 0 Å². The van der Waals surface area contributed by atoms with E-state index in [0.717, 1.165) is 16.8 Å². The Kier molecular flexibility index (Phi) is 2.87. The first-order valence-corrected chi connectivity index (χ1v) is 5.89. The minimum absolute atomic E-state index is 0.394. The lowest BCUT2D eigenvalue weighted by molar-refractivity contribution is 0.151. The first-order chi connectivity index (χ1) is 8.72. The van der Waals surface area contributed by atoms with Crippen LogP contribution in [0.15, 0.2) is 30.6 Å². The van der Waals surface area contributed by atoms with Crippen molar-refractivity contribution in [3.05, 3.63) is 46.9 Å². The maximum atomic E-state index is 9.63. The molecule has 1 aromatic heterocycles. The number of aromatic nitrogens is 2. The molecule has 5 nitrogen and oxygen atoms in total. The Bertz CT molecular complexity index is 590. The fourth-order valence-electron chi connectivity index (χ4n) is 1.97. The predicted molar refractivity (Wildman–Crippen MR) is 68.6 cm³/mol. The second-order valence-electron chi connectivity index (χ2n) is 4.05. The summed E-state index contributed by atoms with van der Waals surface area (Å²) in [6, 6.07) is 7.42. The molecule has 1 aliphatic rings. The Balaban J connectivity index is 1.86. The number of hydrogen-bond donors (Lipinski definition) is 3. The number of nitrogens with one attached hydrogen (secondary N) is 2. The maximum absolute atomic E-state index is 9.63. The molecule has 0 bridgehead atoms. The van der Waals surface area contributed by atoms with Crippen LogP contribution in [0.1, 0.15) is 17.4 Å². The van der Waals surface area contributed by atoms with Crippen LogP contribution in [0.3, 0.4) is 0 Å². The molecule has 18 heavy (non-hydrogen) atoms. The molecule has 0 amide bonds. The van der Waals surface area contributed by atoms with Crippen LogP contribution in [0, 0.1) is 0 Å². The van der Waals surface area contributed by atoms with Crippen molar-refractivity contribution in [3.63, 3.8) is 0 Å². The van der Waals surface area contributed by atoms with Gasteiger partial charge in [0.05, 0.1) is 0 Å². The van der Waals surface area contributed by atoms with Crippen LogP contribution < -0.4 is 10.6 Å². The predicted octanol–water partition coefficient (Wildman–Crippen LogP) is 1.97. The van der Waals surface area contributed by atoms with Gasteiger partial charge in [-0.15, -0.1) is 0 Å². The van der Waals surface area contributed by atoms with Gasteiger partial charge < -0.3 is 10.4 Å².